The zero-order chi connectivity index (χ0) is 20.7. The number of amides is 2. The van der Waals surface area contributed by atoms with E-state index in [2.05, 4.69) is 0 Å². The Morgan fingerprint density at radius 3 is 2.21 bits per heavy atom. The van der Waals surface area contributed by atoms with Crippen LogP contribution in [0.15, 0.2) is 48.5 Å². The zero-order valence-electron chi connectivity index (χ0n) is 16.6. The SMILES string of the molecule is CCCN(C(=O)Oc1cccc(N(C(=O)O)C(C)C)c1)c1cccc(OC)c1. The first kappa shape index (κ1) is 21.1. The van der Waals surface area contributed by atoms with Crippen molar-refractivity contribution < 1.29 is 24.2 Å². The van der Waals surface area contributed by atoms with Crippen molar-refractivity contribution in [2.75, 3.05) is 23.5 Å². The summed E-state index contributed by atoms with van der Waals surface area (Å²) < 4.78 is 10.8. The second-order valence-corrected chi connectivity index (χ2v) is 6.46. The van der Waals surface area contributed by atoms with Gasteiger partial charge in [-0.15, -0.1) is 0 Å². The van der Waals surface area contributed by atoms with Gasteiger partial charge in [0.25, 0.3) is 0 Å². The standard InChI is InChI=1S/C21H26N2O5/c1-5-12-22(16-8-6-10-18(13-16)27-4)21(26)28-19-11-7-9-17(14-19)23(15(2)3)20(24)25/h6-11,13-15H,5,12H2,1-4H3,(H,24,25). The summed E-state index contributed by atoms with van der Waals surface area (Å²) in [7, 11) is 1.57. The third kappa shape index (κ3) is 5.16. The number of hydrogen-bond acceptors (Lipinski definition) is 4. The molecule has 28 heavy (non-hydrogen) atoms. The van der Waals surface area contributed by atoms with E-state index in [1.165, 1.54) is 9.80 Å². The molecule has 0 unspecified atom stereocenters. The van der Waals surface area contributed by atoms with E-state index < -0.39 is 12.2 Å². The van der Waals surface area contributed by atoms with Crippen LogP contribution in [0.5, 0.6) is 11.5 Å². The molecule has 0 aliphatic rings. The summed E-state index contributed by atoms with van der Waals surface area (Å²) in [5.41, 5.74) is 1.10. The molecule has 0 aliphatic heterocycles. The van der Waals surface area contributed by atoms with Crippen molar-refractivity contribution in [3.63, 3.8) is 0 Å². The van der Waals surface area contributed by atoms with Gasteiger partial charge in [-0.1, -0.05) is 19.1 Å². The van der Waals surface area contributed by atoms with E-state index in [9.17, 15) is 14.7 Å². The highest BCUT2D eigenvalue weighted by Gasteiger charge is 2.21. The number of rotatable bonds is 7. The van der Waals surface area contributed by atoms with Gasteiger partial charge in [0, 0.05) is 24.7 Å². The van der Waals surface area contributed by atoms with Crippen LogP contribution in [0, 0.1) is 0 Å². The molecule has 0 spiro atoms. The Labute approximate surface area is 165 Å². The van der Waals surface area contributed by atoms with Crippen molar-refractivity contribution in [2.24, 2.45) is 0 Å². The Bertz CT molecular complexity index is 822. The van der Waals surface area contributed by atoms with Gasteiger partial charge in [-0.05, 0) is 44.5 Å². The third-order valence-corrected chi connectivity index (χ3v) is 4.06. The minimum Gasteiger partial charge on any atom is -0.497 e. The first-order chi connectivity index (χ1) is 13.4. The van der Waals surface area contributed by atoms with E-state index in [1.807, 2.05) is 6.92 Å². The summed E-state index contributed by atoms with van der Waals surface area (Å²) in [6.07, 6.45) is -0.868. The number of methoxy groups -OCH3 is 1. The van der Waals surface area contributed by atoms with Gasteiger partial charge in [0.1, 0.15) is 11.5 Å². The molecular formula is C21H26N2O5. The van der Waals surface area contributed by atoms with Gasteiger partial charge in [-0.3, -0.25) is 9.80 Å². The Morgan fingerprint density at radius 1 is 1.04 bits per heavy atom. The van der Waals surface area contributed by atoms with Crippen LogP contribution >= 0.6 is 0 Å². The van der Waals surface area contributed by atoms with Gasteiger partial charge in [0.05, 0.1) is 18.5 Å². The highest BCUT2D eigenvalue weighted by molar-refractivity contribution is 5.90. The van der Waals surface area contributed by atoms with Crippen LogP contribution in [-0.4, -0.2) is 37.0 Å². The second kappa shape index (κ2) is 9.64. The van der Waals surface area contributed by atoms with Crippen LogP contribution in [0.3, 0.4) is 0 Å². The van der Waals surface area contributed by atoms with Crippen LogP contribution in [0.1, 0.15) is 27.2 Å². The summed E-state index contributed by atoms with van der Waals surface area (Å²) in [5.74, 6) is 0.917. The van der Waals surface area contributed by atoms with Gasteiger partial charge in [0.15, 0.2) is 0 Å². The van der Waals surface area contributed by atoms with Crippen LogP contribution < -0.4 is 19.3 Å². The predicted molar refractivity (Wildman–Crippen MR) is 109 cm³/mol. The molecule has 2 aromatic rings. The Balaban J connectivity index is 2.26. The summed E-state index contributed by atoms with van der Waals surface area (Å²) >= 11 is 0. The third-order valence-electron chi connectivity index (χ3n) is 4.06. The van der Waals surface area contributed by atoms with Crippen molar-refractivity contribution in [2.45, 2.75) is 33.2 Å². The number of carbonyl (C=O) groups is 2. The largest absolute Gasteiger partial charge is 0.497 e. The number of hydrogen-bond donors (Lipinski definition) is 1. The molecule has 0 saturated carbocycles. The number of ether oxygens (including phenoxy) is 2. The number of carboxylic acid groups (broad SMARTS) is 1. The lowest BCUT2D eigenvalue weighted by atomic mass is 10.2. The topological polar surface area (TPSA) is 79.3 Å². The number of benzene rings is 2. The van der Waals surface area contributed by atoms with Crippen LogP contribution in [0.4, 0.5) is 21.0 Å². The average Bonchev–Trinajstić information content (AvgIpc) is 2.65. The molecule has 7 nitrogen and oxygen atoms in total. The fraction of sp³-hybridized carbons (Fsp3) is 0.333. The van der Waals surface area contributed by atoms with Crippen LogP contribution in [-0.2, 0) is 0 Å². The molecule has 7 heteroatoms. The molecule has 0 radical (unpaired) electrons. The van der Waals surface area contributed by atoms with E-state index in [1.54, 1.807) is 69.5 Å². The number of anilines is 2. The van der Waals surface area contributed by atoms with Gasteiger partial charge in [-0.2, -0.15) is 0 Å². The maximum Gasteiger partial charge on any atom is 0.419 e. The van der Waals surface area contributed by atoms with Crippen molar-refractivity contribution in [1.82, 2.24) is 0 Å². The van der Waals surface area contributed by atoms with Crippen molar-refractivity contribution in [3.8, 4) is 11.5 Å². The van der Waals surface area contributed by atoms with E-state index >= 15 is 0 Å². The summed E-state index contributed by atoms with van der Waals surface area (Å²) in [6.45, 7) is 5.99. The van der Waals surface area contributed by atoms with Gasteiger partial charge >= 0.3 is 12.2 Å². The zero-order valence-corrected chi connectivity index (χ0v) is 16.6. The first-order valence-electron chi connectivity index (χ1n) is 9.13. The molecule has 0 fully saturated rings. The first-order valence-corrected chi connectivity index (χ1v) is 9.13. The molecule has 0 saturated heterocycles. The van der Waals surface area contributed by atoms with Crippen LogP contribution in [0.2, 0.25) is 0 Å². The van der Waals surface area contributed by atoms with Crippen molar-refractivity contribution in [3.05, 3.63) is 48.5 Å². The van der Waals surface area contributed by atoms with Crippen molar-refractivity contribution >= 4 is 23.6 Å². The molecule has 0 heterocycles. The van der Waals surface area contributed by atoms with E-state index in [4.69, 9.17) is 9.47 Å². The van der Waals surface area contributed by atoms with Gasteiger partial charge in [0.2, 0.25) is 0 Å². The molecule has 2 rings (SSSR count). The molecule has 150 valence electrons. The molecular weight excluding hydrogens is 360 g/mol. The lowest BCUT2D eigenvalue weighted by Crippen LogP contribution is -2.36. The lowest BCUT2D eigenvalue weighted by molar-refractivity contribution is 0.200. The Kier molecular flexibility index (Phi) is 7.26. The monoisotopic (exact) mass is 386 g/mol. The van der Waals surface area contributed by atoms with Crippen molar-refractivity contribution in [1.29, 1.82) is 0 Å². The van der Waals surface area contributed by atoms with Gasteiger partial charge < -0.3 is 14.6 Å². The average molecular weight is 386 g/mol. The van der Waals surface area contributed by atoms with Crippen LogP contribution in [0.25, 0.3) is 0 Å². The second-order valence-electron chi connectivity index (χ2n) is 6.46. The maximum atomic E-state index is 12.8. The Morgan fingerprint density at radius 2 is 1.64 bits per heavy atom. The molecule has 2 aromatic carbocycles. The minimum atomic E-state index is -1.07. The maximum absolute atomic E-state index is 12.8. The number of nitrogens with zero attached hydrogens (tertiary/aromatic N) is 2. The molecule has 0 atom stereocenters. The smallest absolute Gasteiger partial charge is 0.419 e. The van der Waals surface area contributed by atoms with Gasteiger partial charge in [-0.25, -0.2) is 9.59 Å². The summed E-state index contributed by atoms with van der Waals surface area (Å²) in [6, 6.07) is 13.4. The summed E-state index contributed by atoms with van der Waals surface area (Å²) in [5, 5.41) is 9.42. The highest BCUT2D eigenvalue weighted by Crippen LogP contribution is 2.26. The fourth-order valence-corrected chi connectivity index (χ4v) is 2.81. The molecule has 2 amide bonds. The molecule has 1 N–H and O–H groups in total. The van der Waals surface area contributed by atoms with E-state index in [0.29, 0.717) is 23.7 Å². The predicted octanol–water partition coefficient (Wildman–Crippen LogP) is 5.00. The normalized spacial score (nSPS) is 10.5. The summed E-state index contributed by atoms with van der Waals surface area (Å²) in [4.78, 5) is 27.0. The fourth-order valence-electron chi connectivity index (χ4n) is 2.81. The Hall–Kier alpha value is -3.22. The lowest BCUT2D eigenvalue weighted by Gasteiger charge is -2.24. The minimum absolute atomic E-state index is 0.253. The quantitative estimate of drug-likeness (QED) is 0.724. The highest BCUT2D eigenvalue weighted by atomic mass is 16.6. The van der Waals surface area contributed by atoms with E-state index in [0.717, 1.165) is 6.42 Å². The van der Waals surface area contributed by atoms with E-state index in [-0.39, 0.29) is 11.8 Å². The molecule has 0 aliphatic carbocycles. The molecule has 0 bridgehead atoms. The number of carbonyl (C=O) groups excluding carboxylic acids is 1. The molecule has 0 aromatic heterocycles.